The van der Waals surface area contributed by atoms with Crippen LogP contribution in [0, 0.1) is 5.92 Å². The van der Waals surface area contributed by atoms with Crippen LogP contribution in [0.2, 0.25) is 5.02 Å². The highest BCUT2D eigenvalue weighted by Crippen LogP contribution is 2.20. The van der Waals surface area contributed by atoms with E-state index in [0.717, 1.165) is 5.56 Å². The van der Waals surface area contributed by atoms with Gasteiger partial charge >= 0.3 is 0 Å². The number of piperidine rings is 1. The fourth-order valence-corrected chi connectivity index (χ4v) is 3.18. The summed E-state index contributed by atoms with van der Waals surface area (Å²) in [5.41, 5.74) is 1.72. The molecule has 2 aromatic carbocycles. The van der Waals surface area contributed by atoms with E-state index in [2.05, 4.69) is 5.32 Å². The van der Waals surface area contributed by atoms with Crippen LogP contribution in [-0.2, 0) is 11.3 Å². The van der Waals surface area contributed by atoms with Crippen LogP contribution in [0.4, 0.5) is 0 Å². The predicted molar refractivity (Wildman–Crippen MR) is 98.4 cm³/mol. The van der Waals surface area contributed by atoms with E-state index in [1.165, 1.54) is 0 Å². The standard InChI is InChI=1S/C20H21ClN2O2/c21-18-8-6-17(7-9-18)20(25)23-12-10-16(11-13-23)19(24)22-14-15-4-2-1-3-5-15/h1-9,16H,10-14H2,(H,22,24). The van der Waals surface area contributed by atoms with Gasteiger partial charge in [0.25, 0.3) is 5.91 Å². The SMILES string of the molecule is O=C(NCc1ccccc1)C1CCN(C(=O)c2ccc(Cl)cc2)CC1. The minimum Gasteiger partial charge on any atom is -0.352 e. The highest BCUT2D eigenvalue weighted by atomic mass is 35.5. The number of carbonyl (C=O) groups is 2. The molecule has 1 heterocycles. The molecule has 2 amide bonds. The molecule has 25 heavy (non-hydrogen) atoms. The second-order valence-corrected chi connectivity index (χ2v) is 6.71. The molecule has 0 aromatic heterocycles. The Morgan fingerprint density at radius 2 is 1.64 bits per heavy atom. The minimum absolute atomic E-state index is 0.000176. The summed E-state index contributed by atoms with van der Waals surface area (Å²) in [7, 11) is 0. The molecule has 0 aliphatic carbocycles. The third kappa shape index (κ3) is 4.60. The molecule has 1 fully saturated rings. The minimum atomic E-state index is -0.0296. The molecule has 0 atom stereocenters. The maximum absolute atomic E-state index is 12.5. The number of likely N-dealkylation sites (tertiary alicyclic amines) is 1. The highest BCUT2D eigenvalue weighted by Gasteiger charge is 2.27. The van der Waals surface area contributed by atoms with Gasteiger partial charge in [0.2, 0.25) is 5.91 Å². The topological polar surface area (TPSA) is 49.4 Å². The zero-order chi connectivity index (χ0) is 17.6. The third-order valence-corrected chi connectivity index (χ3v) is 4.81. The van der Waals surface area contributed by atoms with Gasteiger partial charge in [-0.15, -0.1) is 0 Å². The van der Waals surface area contributed by atoms with Crippen molar-refractivity contribution in [1.29, 1.82) is 0 Å². The van der Waals surface area contributed by atoms with Crippen molar-refractivity contribution in [2.75, 3.05) is 13.1 Å². The van der Waals surface area contributed by atoms with Crippen LogP contribution in [0.25, 0.3) is 0 Å². The molecule has 2 aromatic rings. The maximum atomic E-state index is 12.5. The van der Waals surface area contributed by atoms with E-state index in [0.29, 0.717) is 43.1 Å². The number of hydrogen-bond acceptors (Lipinski definition) is 2. The Hall–Kier alpha value is -2.33. The number of nitrogens with one attached hydrogen (secondary N) is 1. The van der Waals surface area contributed by atoms with Gasteiger partial charge in [-0.2, -0.15) is 0 Å². The molecule has 3 rings (SSSR count). The molecule has 1 aliphatic rings. The molecular formula is C20H21ClN2O2. The first-order valence-corrected chi connectivity index (χ1v) is 8.88. The van der Waals surface area contributed by atoms with Crippen LogP contribution in [0.5, 0.6) is 0 Å². The van der Waals surface area contributed by atoms with Crippen LogP contribution < -0.4 is 5.32 Å². The number of amides is 2. The van der Waals surface area contributed by atoms with E-state index < -0.39 is 0 Å². The summed E-state index contributed by atoms with van der Waals surface area (Å²) in [6.45, 7) is 1.75. The number of halogens is 1. The van der Waals surface area contributed by atoms with Gasteiger partial charge in [0, 0.05) is 36.1 Å². The van der Waals surface area contributed by atoms with Crippen molar-refractivity contribution >= 4 is 23.4 Å². The molecule has 0 unspecified atom stereocenters. The molecule has 0 spiro atoms. The monoisotopic (exact) mass is 356 g/mol. The Kier molecular flexibility index (Phi) is 5.71. The number of carbonyl (C=O) groups excluding carboxylic acids is 2. The largest absolute Gasteiger partial charge is 0.352 e. The van der Waals surface area contributed by atoms with Gasteiger partial charge < -0.3 is 10.2 Å². The van der Waals surface area contributed by atoms with E-state index in [4.69, 9.17) is 11.6 Å². The number of hydrogen-bond donors (Lipinski definition) is 1. The fraction of sp³-hybridized carbons (Fsp3) is 0.300. The Morgan fingerprint density at radius 1 is 1.00 bits per heavy atom. The van der Waals surface area contributed by atoms with Crippen LogP contribution >= 0.6 is 11.6 Å². The summed E-state index contributed by atoms with van der Waals surface area (Å²) in [6.07, 6.45) is 1.39. The fourth-order valence-electron chi connectivity index (χ4n) is 3.05. The van der Waals surface area contributed by atoms with E-state index in [1.54, 1.807) is 24.3 Å². The molecule has 0 bridgehead atoms. The predicted octanol–water partition coefficient (Wildman–Crippen LogP) is 3.51. The molecule has 1 saturated heterocycles. The first kappa shape index (κ1) is 17.5. The van der Waals surface area contributed by atoms with Crippen LogP contribution in [0.15, 0.2) is 54.6 Å². The number of nitrogens with zero attached hydrogens (tertiary/aromatic N) is 1. The van der Waals surface area contributed by atoms with Crippen molar-refractivity contribution in [2.24, 2.45) is 5.92 Å². The van der Waals surface area contributed by atoms with Crippen molar-refractivity contribution < 1.29 is 9.59 Å². The lowest BCUT2D eigenvalue weighted by Crippen LogP contribution is -2.42. The summed E-state index contributed by atoms with van der Waals surface area (Å²) in [6, 6.07) is 16.8. The van der Waals surface area contributed by atoms with Gasteiger partial charge in [0.05, 0.1) is 0 Å². The molecule has 130 valence electrons. The molecule has 1 aliphatic heterocycles. The van der Waals surface area contributed by atoms with Gasteiger partial charge in [0.1, 0.15) is 0 Å². The maximum Gasteiger partial charge on any atom is 0.253 e. The third-order valence-electron chi connectivity index (χ3n) is 4.55. The Bertz CT molecular complexity index is 723. The second kappa shape index (κ2) is 8.17. The zero-order valence-corrected chi connectivity index (χ0v) is 14.7. The quantitative estimate of drug-likeness (QED) is 0.911. The van der Waals surface area contributed by atoms with Gasteiger partial charge in [-0.3, -0.25) is 9.59 Å². The van der Waals surface area contributed by atoms with Gasteiger partial charge in [-0.05, 0) is 42.7 Å². The molecule has 0 radical (unpaired) electrons. The molecule has 1 N–H and O–H groups in total. The Labute approximate surface area is 152 Å². The zero-order valence-electron chi connectivity index (χ0n) is 14.0. The van der Waals surface area contributed by atoms with Gasteiger partial charge in [-0.25, -0.2) is 0 Å². The first-order chi connectivity index (χ1) is 12.1. The lowest BCUT2D eigenvalue weighted by Gasteiger charge is -2.31. The molecule has 5 heteroatoms. The summed E-state index contributed by atoms with van der Waals surface area (Å²) in [5, 5.41) is 3.61. The van der Waals surface area contributed by atoms with Crippen LogP contribution in [0.1, 0.15) is 28.8 Å². The molecule has 0 saturated carbocycles. The van der Waals surface area contributed by atoms with Crippen LogP contribution in [0.3, 0.4) is 0 Å². The lowest BCUT2D eigenvalue weighted by molar-refractivity contribution is -0.126. The van der Waals surface area contributed by atoms with E-state index in [1.807, 2.05) is 35.2 Å². The number of rotatable bonds is 4. The molecule has 4 nitrogen and oxygen atoms in total. The van der Waals surface area contributed by atoms with E-state index in [9.17, 15) is 9.59 Å². The summed E-state index contributed by atoms with van der Waals surface area (Å²) in [4.78, 5) is 26.6. The van der Waals surface area contributed by atoms with Crippen molar-refractivity contribution in [3.05, 3.63) is 70.7 Å². The molecular weight excluding hydrogens is 336 g/mol. The van der Waals surface area contributed by atoms with Crippen LogP contribution in [-0.4, -0.2) is 29.8 Å². The first-order valence-electron chi connectivity index (χ1n) is 8.50. The number of benzene rings is 2. The summed E-state index contributed by atoms with van der Waals surface area (Å²) >= 11 is 5.86. The van der Waals surface area contributed by atoms with E-state index >= 15 is 0 Å². The second-order valence-electron chi connectivity index (χ2n) is 6.28. The lowest BCUT2D eigenvalue weighted by atomic mass is 9.95. The van der Waals surface area contributed by atoms with Crippen molar-refractivity contribution in [1.82, 2.24) is 10.2 Å². The van der Waals surface area contributed by atoms with Gasteiger partial charge in [-0.1, -0.05) is 41.9 Å². The van der Waals surface area contributed by atoms with Gasteiger partial charge in [0.15, 0.2) is 0 Å². The van der Waals surface area contributed by atoms with Crippen molar-refractivity contribution in [3.63, 3.8) is 0 Å². The Balaban J connectivity index is 1.48. The smallest absolute Gasteiger partial charge is 0.253 e. The normalized spacial score (nSPS) is 15.0. The van der Waals surface area contributed by atoms with E-state index in [-0.39, 0.29) is 17.7 Å². The van der Waals surface area contributed by atoms with Crippen molar-refractivity contribution in [2.45, 2.75) is 19.4 Å². The Morgan fingerprint density at radius 3 is 2.28 bits per heavy atom. The highest BCUT2D eigenvalue weighted by molar-refractivity contribution is 6.30. The average Bonchev–Trinajstić information content (AvgIpc) is 2.67. The average molecular weight is 357 g/mol. The van der Waals surface area contributed by atoms with Crippen molar-refractivity contribution in [3.8, 4) is 0 Å². The summed E-state index contributed by atoms with van der Waals surface area (Å²) in [5.74, 6) is 0.0419. The summed E-state index contributed by atoms with van der Waals surface area (Å²) < 4.78 is 0.